The molecule has 0 amide bonds. The molecule has 0 aliphatic heterocycles. The second-order valence-corrected chi connectivity index (χ2v) is 11.6. The van der Waals surface area contributed by atoms with Crippen molar-refractivity contribution in [2.45, 2.75) is 174 Å². The van der Waals surface area contributed by atoms with Gasteiger partial charge < -0.3 is 15.3 Å². The molecule has 0 saturated carbocycles. The van der Waals surface area contributed by atoms with E-state index in [9.17, 15) is 29.7 Å². The maximum absolute atomic E-state index is 12.3. The van der Waals surface area contributed by atoms with Gasteiger partial charge in [0.15, 0.2) is 18.1 Å². The summed E-state index contributed by atoms with van der Waals surface area (Å²) in [7, 11) is 0. The fourth-order valence-corrected chi connectivity index (χ4v) is 6.61. The van der Waals surface area contributed by atoms with Gasteiger partial charge in [0, 0.05) is 19.3 Å². The average Bonchev–Trinajstić information content (AvgIpc) is 2.90. The second kappa shape index (κ2) is 23.8. The molecule has 0 bridgehead atoms. The molecule has 0 aromatic carbocycles. The van der Waals surface area contributed by atoms with E-state index in [1.165, 1.54) is 83.5 Å². The van der Waals surface area contributed by atoms with Crippen molar-refractivity contribution in [1.82, 2.24) is 0 Å². The molecule has 7 heteroatoms. The summed E-state index contributed by atoms with van der Waals surface area (Å²) in [5.74, 6) is -3.34. The lowest BCUT2D eigenvalue weighted by molar-refractivity contribution is -0.973. The number of allylic oxidation sites excluding steroid dienone is 1. The maximum Gasteiger partial charge on any atom is 0.362 e. The van der Waals surface area contributed by atoms with Crippen molar-refractivity contribution in [3.8, 4) is 0 Å². The van der Waals surface area contributed by atoms with Gasteiger partial charge in [0.1, 0.15) is 0 Å². The number of quaternary nitrogens is 1. The highest BCUT2D eigenvalue weighted by molar-refractivity contribution is 5.78. The van der Waals surface area contributed by atoms with Gasteiger partial charge >= 0.3 is 17.9 Å². The molecule has 40 heavy (non-hydrogen) atoms. The topological polar surface area (TPSA) is 112 Å². The van der Waals surface area contributed by atoms with Crippen LogP contribution in [0.25, 0.3) is 0 Å². The minimum absolute atomic E-state index is 0.194. The van der Waals surface area contributed by atoms with Gasteiger partial charge in [-0.3, -0.25) is 4.48 Å². The van der Waals surface area contributed by atoms with Crippen molar-refractivity contribution in [3.05, 3.63) is 12.7 Å². The third kappa shape index (κ3) is 14.1. The highest BCUT2D eigenvalue weighted by Gasteiger charge is 2.55. The molecular weight excluding hydrogens is 506 g/mol. The molecule has 0 aromatic heterocycles. The highest BCUT2D eigenvalue weighted by atomic mass is 16.4. The number of unbranched alkanes of at least 4 members (excludes halogenated alkanes) is 17. The van der Waals surface area contributed by atoms with E-state index < -0.39 is 40.5 Å². The highest BCUT2D eigenvalue weighted by Crippen LogP contribution is 2.32. The van der Waals surface area contributed by atoms with Gasteiger partial charge in [-0.05, 0) is 25.7 Å². The first-order valence-electron chi connectivity index (χ1n) is 16.4. The number of hydrogen-bond donors (Lipinski definition) is 3. The van der Waals surface area contributed by atoms with Crippen LogP contribution in [0.2, 0.25) is 0 Å². The third-order valence-corrected chi connectivity index (χ3v) is 8.71. The third-order valence-electron chi connectivity index (χ3n) is 8.71. The Morgan fingerprint density at radius 2 is 0.775 bits per heavy atom. The van der Waals surface area contributed by atoms with Gasteiger partial charge in [-0.25, -0.2) is 14.4 Å². The van der Waals surface area contributed by atoms with Crippen molar-refractivity contribution in [1.29, 1.82) is 0 Å². The Morgan fingerprint density at radius 3 is 1.00 bits per heavy atom. The van der Waals surface area contributed by atoms with E-state index in [2.05, 4.69) is 6.58 Å². The van der Waals surface area contributed by atoms with Gasteiger partial charge in [-0.1, -0.05) is 117 Å². The fourth-order valence-electron chi connectivity index (χ4n) is 6.61. The largest absolute Gasteiger partial charge is 0.477 e. The SMILES string of the molecule is C=CCCCCCCCCCCCCCCCCCCC[N+](C(CC)C(=O)O)(C(CC)C(=O)O)C(CC)C(=O)O. The monoisotopic (exact) mass is 568 g/mol. The predicted octanol–water partition coefficient (Wildman–Crippen LogP) is 8.60. The van der Waals surface area contributed by atoms with Crippen LogP contribution in [0.1, 0.15) is 156 Å². The molecule has 0 aromatic rings. The van der Waals surface area contributed by atoms with E-state index in [-0.39, 0.29) is 25.8 Å². The molecule has 0 aliphatic rings. The lowest BCUT2D eigenvalue weighted by Crippen LogP contribution is -2.72. The summed E-state index contributed by atoms with van der Waals surface area (Å²) in [5.41, 5.74) is 0. The zero-order valence-electron chi connectivity index (χ0n) is 26.1. The van der Waals surface area contributed by atoms with Crippen LogP contribution in [0.4, 0.5) is 0 Å². The summed E-state index contributed by atoms with van der Waals surface area (Å²) in [6.07, 6.45) is 24.4. The van der Waals surface area contributed by atoms with Gasteiger partial charge in [0.25, 0.3) is 0 Å². The molecule has 3 unspecified atom stereocenters. The molecule has 3 atom stereocenters. The van der Waals surface area contributed by atoms with E-state index in [0.717, 1.165) is 25.7 Å². The summed E-state index contributed by atoms with van der Waals surface area (Å²) in [6, 6.07) is -3.18. The summed E-state index contributed by atoms with van der Waals surface area (Å²) >= 11 is 0. The molecule has 234 valence electrons. The van der Waals surface area contributed by atoms with Crippen molar-refractivity contribution in [3.63, 3.8) is 0 Å². The normalized spacial score (nSPS) is 15.2. The first-order valence-corrected chi connectivity index (χ1v) is 16.4. The van der Waals surface area contributed by atoms with Crippen LogP contribution < -0.4 is 0 Å². The summed E-state index contributed by atoms with van der Waals surface area (Å²) < 4.78 is -0.404. The van der Waals surface area contributed by atoms with Crippen LogP contribution in [0.5, 0.6) is 0 Å². The fraction of sp³-hybridized carbons (Fsp3) is 0.848. The molecule has 0 fully saturated rings. The minimum atomic E-state index is -1.11. The Bertz CT molecular complexity index is 639. The van der Waals surface area contributed by atoms with Gasteiger partial charge in [0.2, 0.25) is 0 Å². The first-order chi connectivity index (χ1) is 19.2. The number of aliphatic carboxylic acids is 3. The number of carboxylic acid groups (broad SMARTS) is 3. The Labute approximate surface area is 245 Å². The van der Waals surface area contributed by atoms with Crippen LogP contribution in [0, 0.1) is 0 Å². The van der Waals surface area contributed by atoms with Gasteiger partial charge in [0.05, 0.1) is 6.54 Å². The number of hydrogen-bond acceptors (Lipinski definition) is 3. The summed E-state index contributed by atoms with van der Waals surface area (Å²) in [5, 5.41) is 30.0. The molecule has 0 spiro atoms. The van der Waals surface area contributed by atoms with E-state index in [1.54, 1.807) is 20.8 Å². The number of rotatable bonds is 29. The lowest BCUT2D eigenvalue weighted by atomic mass is 9.93. The second-order valence-electron chi connectivity index (χ2n) is 11.6. The standard InChI is InChI=1S/C33H61NO6/c1-5-9-10-11-12-13-14-15-16-17-18-19-20-21-22-23-24-25-26-27-34(28(6-2)31(35)36,29(7-3)32(37)38)30(8-4)33(39)40/h5,28-30H,1,6-27H2,2-4H3,(H2-,35,36,37,38,39,40)/p+1. The Morgan fingerprint density at radius 1 is 0.525 bits per heavy atom. The Hall–Kier alpha value is -1.89. The van der Waals surface area contributed by atoms with Crippen LogP contribution in [0.3, 0.4) is 0 Å². The average molecular weight is 569 g/mol. The number of nitrogens with zero attached hydrogens (tertiary/aromatic N) is 1. The van der Waals surface area contributed by atoms with E-state index in [4.69, 9.17) is 0 Å². The van der Waals surface area contributed by atoms with E-state index in [0.29, 0.717) is 6.42 Å². The van der Waals surface area contributed by atoms with Crippen molar-refractivity contribution < 1.29 is 34.2 Å². The van der Waals surface area contributed by atoms with Crippen LogP contribution in [-0.4, -0.2) is 62.4 Å². The Kier molecular flexibility index (Phi) is 22.7. The van der Waals surface area contributed by atoms with Gasteiger partial charge in [-0.15, -0.1) is 6.58 Å². The quantitative estimate of drug-likeness (QED) is 0.0473. The van der Waals surface area contributed by atoms with Crippen LogP contribution in [-0.2, 0) is 14.4 Å². The zero-order chi connectivity index (χ0) is 30.2. The summed E-state index contributed by atoms with van der Waals surface area (Å²) in [6.45, 7) is 9.16. The van der Waals surface area contributed by atoms with E-state index >= 15 is 0 Å². The first kappa shape index (κ1) is 38.1. The van der Waals surface area contributed by atoms with Crippen molar-refractivity contribution in [2.75, 3.05) is 6.54 Å². The zero-order valence-corrected chi connectivity index (χ0v) is 26.1. The maximum atomic E-state index is 12.3. The predicted molar refractivity (Wildman–Crippen MR) is 164 cm³/mol. The molecule has 0 heterocycles. The molecular formula is C33H62NO6+. The van der Waals surface area contributed by atoms with Crippen molar-refractivity contribution in [2.24, 2.45) is 0 Å². The van der Waals surface area contributed by atoms with Gasteiger partial charge in [-0.2, -0.15) is 0 Å². The molecule has 0 saturated heterocycles. The van der Waals surface area contributed by atoms with Crippen molar-refractivity contribution >= 4 is 17.9 Å². The summed E-state index contributed by atoms with van der Waals surface area (Å²) in [4.78, 5) is 36.8. The molecule has 3 N–H and O–H groups in total. The molecule has 0 radical (unpaired) electrons. The molecule has 7 nitrogen and oxygen atoms in total. The number of carbonyl (C=O) groups is 3. The van der Waals surface area contributed by atoms with Crippen LogP contribution >= 0.6 is 0 Å². The molecule has 0 aliphatic carbocycles. The van der Waals surface area contributed by atoms with Crippen LogP contribution in [0.15, 0.2) is 12.7 Å². The minimum Gasteiger partial charge on any atom is -0.477 e. The molecule has 0 rings (SSSR count). The lowest BCUT2D eigenvalue weighted by Gasteiger charge is -2.49. The number of carboxylic acids is 3. The smallest absolute Gasteiger partial charge is 0.362 e. The Balaban J connectivity index is 4.45. The van der Waals surface area contributed by atoms with E-state index in [1.807, 2.05) is 6.08 Å².